The van der Waals surface area contributed by atoms with Crippen molar-refractivity contribution in [3.63, 3.8) is 0 Å². The molecule has 1 atom stereocenters. The van der Waals surface area contributed by atoms with E-state index in [1.54, 1.807) is 0 Å². The van der Waals surface area contributed by atoms with Gasteiger partial charge in [0.25, 0.3) is 5.69 Å². The van der Waals surface area contributed by atoms with Gasteiger partial charge in [-0.05, 0) is 6.07 Å². The molecule has 0 aliphatic carbocycles. The van der Waals surface area contributed by atoms with Crippen LogP contribution in [0.4, 0.5) is 10.5 Å². The molecule has 1 aromatic carbocycles. The predicted octanol–water partition coefficient (Wildman–Crippen LogP) is 0.780. The number of rotatable bonds is 5. The third-order valence-electron chi connectivity index (χ3n) is 2.58. The zero-order valence-corrected chi connectivity index (χ0v) is 10.1. The summed E-state index contributed by atoms with van der Waals surface area (Å²) in [6.45, 7) is 0.313. The number of alkyl carbamates (subject to hydrolysis) is 1. The van der Waals surface area contributed by atoms with Crippen LogP contribution in [0.1, 0.15) is 10.4 Å². The average Bonchev–Trinajstić information content (AvgIpc) is 2.81. The van der Waals surface area contributed by atoms with Crippen molar-refractivity contribution in [2.24, 2.45) is 0 Å². The molecule has 1 heterocycles. The zero-order valence-electron chi connectivity index (χ0n) is 10.1. The maximum Gasteiger partial charge on any atom is 0.407 e. The van der Waals surface area contributed by atoms with Crippen molar-refractivity contribution in [2.45, 2.75) is 6.10 Å². The summed E-state index contributed by atoms with van der Waals surface area (Å²) >= 11 is 0. The lowest BCUT2D eigenvalue weighted by atomic mass is 10.1. The SMILES string of the molecule is O=C1NCC(COc2ccc([N+](=O)[O-])c(C(=O)O)c2)O1. The topological polar surface area (TPSA) is 128 Å². The molecule has 106 valence electrons. The maximum absolute atomic E-state index is 10.9. The first kappa shape index (κ1) is 13.6. The fourth-order valence-corrected chi connectivity index (χ4v) is 1.65. The Morgan fingerprint density at radius 1 is 1.60 bits per heavy atom. The number of hydrogen-bond donors (Lipinski definition) is 2. The fraction of sp³-hybridized carbons (Fsp3) is 0.273. The van der Waals surface area contributed by atoms with Crippen LogP contribution in [0.3, 0.4) is 0 Å². The molecule has 1 unspecified atom stereocenters. The number of nitrogens with one attached hydrogen (secondary N) is 1. The predicted molar refractivity (Wildman–Crippen MR) is 63.8 cm³/mol. The molecule has 1 aliphatic rings. The van der Waals surface area contributed by atoms with Crippen LogP contribution in [0.25, 0.3) is 0 Å². The van der Waals surface area contributed by atoms with Gasteiger partial charge in [0.15, 0.2) is 6.10 Å². The highest BCUT2D eigenvalue weighted by Gasteiger charge is 2.24. The van der Waals surface area contributed by atoms with Gasteiger partial charge in [0, 0.05) is 12.1 Å². The number of nitrogens with zero attached hydrogens (tertiary/aromatic N) is 1. The molecular formula is C11H10N2O7. The lowest BCUT2D eigenvalue weighted by Gasteiger charge is -2.10. The molecule has 9 heteroatoms. The molecule has 9 nitrogen and oxygen atoms in total. The molecule has 0 saturated carbocycles. The molecule has 20 heavy (non-hydrogen) atoms. The number of amides is 1. The van der Waals surface area contributed by atoms with E-state index in [9.17, 15) is 19.7 Å². The van der Waals surface area contributed by atoms with E-state index in [1.807, 2.05) is 0 Å². The average molecular weight is 282 g/mol. The minimum Gasteiger partial charge on any atom is -0.490 e. The van der Waals surface area contributed by atoms with Crippen LogP contribution in [0, 0.1) is 10.1 Å². The number of hydrogen-bond acceptors (Lipinski definition) is 6. The molecule has 1 fully saturated rings. The van der Waals surface area contributed by atoms with Crippen LogP contribution in [0.15, 0.2) is 18.2 Å². The van der Waals surface area contributed by atoms with E-state index >= 15 is 0 Å². The molecule has 1 amide bonds. The first-order valence-electron chi connectivity index (χ1n) is 5.56. The first-order chi connectivity index (χ1) is 9.47. The second-order valence-corrected chi connectivity index (χ2v) is 3.96. The molecular weight excluding hydrogens is 272 g/mol. The van der Waals surface area contributed by atoms with Gasteiger partial charge in [0.1, 0.15) is 17.9 Å². The summed E-state index contributed by atoms with van der Waals surface area (Å²) in [6, 6.07) is 3.40. The standard InChI is InChI=1S/C11H10N2O7/c14-10(15)8-3-6(1-2-9(8)13(17)18)19-5-7-4-12-11(16)20-7/h1-3,7H,4-5H2,(H,12,16)(H,14,15). The van der Waals surface area contributed by atoms with Gasteiger partial charge in [0.05, 0.1) is 11.5 Å². The number of carbonyl (C=O) groups excluding carboxylic acids is 1. The van der Waals surface area contributed by atoms with Crippen molar-refractivity contribution in [1.82, 2.24) is 5.32 Å². The van der Waals surface area contributed by atoms with E-state index in [-0.39, 0.29) is 18.9 Å². The molecule has 1 aromatic rings. The highest BCUT2D eigenvalue weighted by Crippen LogP contribution is 2.24. The molecule has 0 radical (unpaired) electrons. The first-order valence-corrected chi connectivity index (χ1v) is 5.56. The number of nitro groups is 1. The van der Waals surface area contributed by atoms with Crippen LogP contribution in [-0.2, 0) is 4.74 Å². The zero-order chi connectivity index (χ0) is 14.7. The number of nitro benzene ring substituents is 1. The quantitative estimate of drug-likeness (QED) is 0.603. The highest BCUT2D eigenvalue weighted by molar-refractivity contribution is 5.92. The Labute approximate surface area is 112 Å². The molecule has 0 bridgehead atoms. The van der Waals surface area contributed by atoms with Gasteiger partial charge >= 0.3 is 12.1 Å². The van der Waals surface area contributed by atoms with Crippen molar-refractivity contribution >= 4 is 17.7 Å². The van der Waals surface area contributed by atoms with Crippen LogP contribution < -0.4 is 10.1 Å². The van der Waals surface area contributed by atoms with Gasteiger partial charge in [-0.15, -0.1) is 0 Å². The van der Waals surface area contributed by atoms with Crippen LogP contribution >= 0.6 is 0 Å². The maximum atomic E-state index is 10.9. The van der Waals surface area contributed by atoms with Crippen molar-refractivity contribution in [3.8, 4) is 5.75 Å². The van der Waals surface area contributed by atoms with Gasteiger partial charge in [0.2, 0.25) is 0 Å². The van der Waals surface area contributed by atoms with Crippen molar-refractivity contribution in [3.05, 3.63) is 33.9 Å². The van der Waals surface area contributed by atoms with E-state index in [4.69, 9.17) is 14.6 Å². The Kier molecular flexibility index (Phi) is 3.69. The highest BCUT2D eigenvalue weighted by atomic mass is 16.6. The second-order valence-electron chi connectivity index (χ2n) is 3.96. The molecule has 1 saturated heterocycles. The Morgan fingerprint density at radius 2 is 2.35 bits per heavy atom. The van der Waals surface area contributed by atoms with Crippen LogP contribution in [0.2, 0.25) is 0 Å². The molecule has 0 aromatic heterocycles. The third kappa shape index (κ3) is 2.94. The summed E-state index contributed by atoms with van der Waals surface area (Å²) in [7, 11) is 0. The van der Waals surface area contributed by atoms with E-state index in [0.717, 1.165) is 12.1 Å². The minimum absolute atomic E-state index is 0.0234. The van der Waals surface area contributed by atoms with Crippen molar-refractivity contribution < 1.29 is 29.1 Å². The van der Waals surface area contributed by atoms with Crippen molar-refractivity contribution in [1.29, 1.82) is 0 Å². The Bertz CT molecular complexity index is 572. The summed E-state index contributed by atoms with van der Waals surface area (Å²) in [5.74, 6) is -1.27. The third-order valence-corrected chi connectivity index (χ3v) is 2.58. The summed E-state index contributed by atoms with van der Waals surface area (Å²) in [6.07, 6.45) is -1.03. The van der Waals surface area contributed by atoms with Gasteiger partial charge < -0.3 is 19.9 Å². The summed E-state index contributed by atoms with van der Waals surface area (Å²) < 4.78 is 10.1. The molecule has 1 aliphatic heterocycles. The summed E-state index contributed by atoms with van der Waals surface area (Å²) in [5, 5.41) is 22.0. The Balaban J connectivity index is 2.09. The summed E-state index contributed by atoms with van der Waals surface area (Å²) in [4.78, 5) is 31.6. The molecule has 2 N–H and O–H groups in total. The van der Waals surface area contributed by atoms with Gasteiger partial charge in [-0.2, -0.15) is 0 Å². The number of carboxylic acids is 1. The van der Waals surface area contributed by atoms with Crippen LogP contribution in [0.5, 0.6) is 5.75 Å². The Hall–Kier alpha value is -2.84. The number of cyclic esters (lactones) is 1. The normalized spacial score (nSPS) is 17.2. The minimum atomic E-state index is -1.42. The summed E-state index contributed by atoms with van der Waals surface area (Å²) in [5.41, 5.74) is -0.979. The number of ether oxygens (including phenoxy) is 2. The number of benzene rings is 1. The monoisotopic (exact) mass is 282 g/mol. The largest absolute Gasteiger partial charge is 0.490 e. The van der Waals surface area contributed by atoms with Gasteiger partial charge in [-0.3, -0.25) is 10.1 Å². The lowest BCUT2D eigenvalue weighted by molar-refractivity contribution is -0.385. The number of aromatic carboxylic acids is 1. The number of carboxylic acid groups (broad SMARTS) is 1. The fourth-order valence-electron chi connectivity index (χ4n) is 1.65. The van der Waals surface area contributed by atoms with Crippen molar-refractivity contribution in [2.75, 3.05) is 13.2 Å². The van der Waals surface area contributed by atoms with E-state index in [0.29, 0.717) is 0 Å². The lowest BCUT2D eigenvalue weighted by Crippen LogP contribution is -2.22. The van der Waals surface area contributed by atoms with E-state index in [1.165, 1.54) is 6.07 Å². The molecule has 0 spiro atoms. The number of carbonyl (C=O) groups is 2. The van der Waals surface area contributed by atoms with Crippen LogP contribution in [-0.4, -0.2) is 41.3 Å². The van der Waals surface area contributed by atoms with Gasteiger partial charge in [-0.25, -0.2) is 9.59 Å². The Morgan fingerprint density at radius 3 is 2.90 bits per heavy atom. The smallest absolute Gasteiger partial charge is 0.407 e. The van der Waals surface area contributed by atoms with E-state index < -0.39 is 34.3 Å². The second kappa shape index (κ2) is 5.43. The molecule has 2 rings (SSSR count). The van der Waals surface area contributed by atoms with E-state index in [2.05, 4.69) is 5.32 Å². The van der Waals surface area contributed by atoms with Gasteiger partial charge in [-0.1, -0.05) is 0 Å².